The second-order valence-electron chi connectivity index (χ2n) is 4.34. The van der Waals surface area contributed by atoms with Gasteiger partial charge in [-0.3, -0.25) is 10.1 Å². The summed E-state index contributed by atoms with van der Waals surface area (Å²) in [6.45, 7) is 1.92. The first-order chi connectivity index (χ1) is 9.92. The molecule has 0 aliphatic carbocycles. The van der Waals surface area contributed by atoms with Crippen molar-refractivity contribution < 1.29 is 9.66 Å². The summed E-state index contributed by atoms with van der Waals surface area (Å²) in [6, 6.07) is 7.87. The summed E-state index contributed by atoms with van der Waals surface area (Å²) in [6.07, 6.45) is 0. The summed E-state index contributed by atoms with van der Waals surface area (Å²) in [5.41, 5.74) is 1.49. The van der Waals surface area contributed by atoms with Crippen LogP contribution in [0.2, 0.25) is 10.0 Å². The fourth-order valence-electron chi connectivity index (χ4n) is 1.77. The van der Waals surface area contributed by atoms with Crippen LogP contribution in [0, 0.1) is 17.0 Å². The molecule has 2 aromatic rings. The number of hydrogen-bond acceptors (Lipinski definition) is 3. The second kappa shape index (κ2) is 6.52. The van der Waals surface area contributed by atoms with Gasteiger partial charge in [-0.1, -0.05) is 40.9 Å². The smallest absolute Gasteiger partial charge is 0.313 e. The van der Waals surface area contributed by atoms with E-state index in [1.807, 2.05) is 19.1 Å². The lowest BCUT2D eigenvalue weighted by Gasteiger charge is -2.11. The fourth-order valence-corrected chi connectivity index (χ4v) is 2.29. The van der Waals surface area contributed by atoms with E-state index in [2.05, 4.69) is 0 Å². The quantitative estimate of drug-likeness (QED) is 0.403. The van der Waals surface area contributed by atoms with E-state index in [9.17, 15) is 10.1 Å². The Morgan fingerprint density at radius 2 is 1.81 bits per heavy atom. The van der Waals surface area contributed by atoms with Crippen molar-refractivity contribution in [2.24, 2.45) is 0 Å². The predicted molar refractivity (Wildman–Crippen MR) is 83.9 cm³/mol. The van der Waals surface area contributed by atoms with E-state index >= 15 is 0 Å². The number of ether oxygens (including phenoxy) is 1. The summed E-state index contributed by atoms with van der Waals surface area (Å²) < 4.78 is 5.61. The SMILES string of the molecule is Cc1ccc(Oc2cc(Cl)c(Cl)cc2[N+](=O)[O-])c(CCl)c1. The van der Waals surface area contributed by atoms with Gasteiger partial charge in [-0.05, 0) is 13.0 Å². The number of nitro benzene ring substituents is 1. The lowest BCUT2D eigenvalue weighted by Crippen LogP contribution is -1.96. The van der Waals surface area contributed by atoms with E-state index < -0.39 is 4.92 Å². The van der Waals surface area contributed by atoms with Crippen molar-refractivity contribution in [3.05, 3.63) is 61.6 Å². The van der Waals surface area contributed by atoms with Crippen LogP contribution in [0.1, 0.15) is 11.1 Å². The molecule has 0 bridgehead atoms. The number of halogens is 3. The zero-order valence-corrected chi connectivity index (χ0v) is 13.2. The molecule has 0 amide bonds. The Morgan fingerprint density at radius 1 is 1.14 bits per heavy atom. The average molecular weight is 347 g/mol. The van der Waals surface area contributed by atoms with Gasteiger partial charge in [0.2, 0.25) is 5.75 Å². The molecule has 0 spiro atoms. The Labute approximate surface area is 136 Å². The molecule has 0 unspecified atom stereocenters. The lowest BCUT2D eigenvalue weighted by molar-refractivity contribution is -0.385. The number of hydrogen-bond donors (Lipinski definition) is 0. The number of rotatable bonds is 4. The first kappa shape index (κ1) is 15.9. The topological polar surface area (TPSA) is 52.4 Å². The van der Waals surface area contributed by atoms with Crippen LogP contribution in [0.3, 0.4) is 0 Å². The second-order valence-corrected chi connectivity index (χ2v) is 5.42. The molecule has 0 radical (unpaired) electrons. The Kier molecular flexibility index (Phi) is 4.93. The van der Waals surface area contributed by atoms with Gasteiger partial charge in [0.05, 0.1) is 20.8 Å². The molecule has 0 saturated carbocycles. The van der Waals surface area contributed by atoms with Crippen molar-refractivity contribution in [3.8, 4) is 11.5 Å². The van der Waals surface area contributed by atoms with E-state index in [1.165, 1.54) is 6.07 Å². The van der Waals surface area contributed by atoms with Crippen molar-refractivity contribution in [1.82, 2.24) is 0 Å². The Morgan fingerprint density at radius 3 is 2.43 bits per heavy atom. The van der Waals surface area contributed by atoms with Crippen LogP contribution in [0.25, 0.3) is 0 Å². The van der Waals surface area contributed by atoms with E-state index in [0.29, 0.717) is 5.75 Å². The number of nitro groups is 1. The molecule has 2 aromatic carbocycles. The molecule has 2 rings (SSSR count). The molecule has 0 fully saturated rings. The number of alkyl halides is 1. The van der Waals surface area contributed by atoms with Crippen LogP contribution in [-0.2, 0) is 5.88 Å². The minimum atomic E-state index is -0.577. The van der Waals surface area contributed by atoms with Gasteiger partial charge < -0.3 is 4.74 Å². The molecule has 0 saturated heterocycles. The van der Waals surface area contributed by atoms with Gasteiger partial charge in [0.15, 0.2) is 0 Å². The van der Waals surface area contributed by atoms with Gasteiger partial charge in [0.1, 0.15) is 5.75 Å². The van der Waals surface area contributed by atoms with Gasteiger partial charge in [0, 0.05) is 17.7 Å². The number of benzene rings is 2. The van der Waals surface area contributed by atoms with Crippen molar-refractivity contribution in [2.45, 2.75) is 12.8 Å². The van der Waals surface area contributed by atoms with Crippen LogP contribution < -0.4 is 4.74 Å². The normalized spacial score (nSPS) is 10.5. The standard InChI is InChI=1S/C14H10Cl3NO3/c1-8-2-3-13(9(4-8)7-15)21-14-6-11(17)10(16)5-12(14)18(19)20/h2-6H,7H2,1H3. The Hall–Kier alpha value is -1.49. The Bertz CT molecular complexity index is 704. The monoisotopic (exact) mass is 345 g/mol. The van der Waals surface area contributed by atoms with Crippen LogP contribution in [0.4, 0.5) is 5.69 Å². The fraction of sp³-hybridized carbons (Fsp3) is 0.143. The number of aryl methyl sites for hydroxylation is 1. The van der Waals surface area contributed by atoms with Crippen LogP contribution in [0.15, 0.2) is 30.3 Å². The highest BCUT2D eigenvalue weighted by Gasteiger charge is 2.20. The molecule has 4 nitrogen and oxygen atoms in total. The van der Waals surface area contributed by atoms with E-state index in [1.54, 1.807) is 6.07 Å². The third-order valence-electron chi connectivity index (χ3n) is 2.78. The van der Waals surface area contributed by atoms with Crippen molar-refractivity contribution in [1.29, 1.82) is 0 Å². The zero-order valence-electron chi connectivity index (χ0n) is 10.9. The molecule has 0 atom stereocenters. The predicted octanol–water partition coefficient (Wildman–Crippen LogP) is 5.74. The van der Waals surface area contributed by atoms with Crippen molar-refractivity contribution >= 4 is 40.5 Å². The van der Waals surface area contributed by atoms with Crippen LogP contribution >= 0.6 is 34.8 Å². The van der Waals surface area contributed by atoms with Crippen molar-refractivity contribution in [2.75, 3.05) is 0 Å². The molecule has 0 heterocycles. The molecule has 7 heteroatoms. The van der Waals surface area contributed by atoms with E-state index in [-0.39, 0.29) is 27.4 Å². The molecule has 110 valence electrons. The molecule has 0 N–H and O–H groups in total. The summed E-state index contributed by atoms with van der Waals surface area (Å²) in [5.74, 6) is 0.688. The first-order valence-electron chi connectivity index (χ1n) is 5.89. The Balaban J connectivity index is 2.48. The minimum absolute atomic E-state index is 0.0182. The third-order valence-corrected chi connectivity index (χ3v) is 3.79. The highest BCUT2D eigenvalue weighted by Crippen LogP contribution is 2.39. The summed E-state index contributed by atoms with van der Waals surface area (Å²) in [7, 11) is 0. The summed E-state index contributed by atoms with van der Waals surface area (Å²) in [4.78, 5) is 10.5. The van der Waals surface area contributed by atoms with E-state index in [4.69, 9.17) is 39.5 Å². The van der Waals surface area contributed by atoms with Crippen molar-refractivity contribution in [3.63, 3.8) is 0 Å². The molecular formula is C14H10Cl3NO3. The molecular weight excluding hydrogens is 337 g/mol. The molecule has 0 aromatic heterocycles. The van der Waals surface area contributed by atoms with E-state index in [0.717, 1.165) is 17.2 Å². The van der Waals surface area contributed by atoms with Crippen LogP contribution in [-0.4, -0.2) is 4.92 Å². The molecule has 0 aliphatic rings. The minimum Gasteiger partial charge on any atom is -0.450 e. The summed E-state index contributed by atoms with van der Waals surface area (Å²) in [5, 5.41) is 11.4. The van der Waals surface area contributed by atoms with Gasteiger partial charge >= 0.3 is 5.69 Å². The molecule has 21 heavy (non-hydrogen) atoms. The zero-order chi connectivity index (χ0) is 15.6. The van der Waals surface area contributed by atoms with Gasteiger partial charge in [0.25, 0.3) is 0 Å². The maximum absolute atomic E-state index is 11.1. The molecule has 0 aliphatic heterocycles. The lowest BCUT2D eigenvalue weighted by atomic mass is 10.1. The average Bonchev–Trinajstić information content (AvgIpc) is 2.44. The first-order valence-corrected chi connectivity index (χ1v) is 7.18. The highest BCUT2D eigenvalue weighted by atomic mass is 35.5. The maximum Gasteiger partial charge on any atom is 0.313 e. The van der Waals surface area contributed by atoms with Crippen LogP contribution in [0.5, 0.6) is 11.5 Å². The van der Waals surface area contributed by atoms with Gasteiger partial charge in [-0.15, -0.1) is 11.6 Å². The largest absolute Gasteiger partial charge is 0.450 e. The van der Waals surface area contributed by atoms with Gasteiger partial charge in [-0.2, -0.15) is 0 Å². The summed E-state index contributed by atoms with van der Waals surface area (Å²) >= 11 is 17.6. The maximum atomic E-state index is 11.1. The number of nitrogens with zero attached hydrogens (tertiary/aromatic N) is 1. The van der Waals surface area contributed by atoms with Gasteiger partial charge in [-0.25, -0.2) is 0 Å². The third kappa shape index (κ3) is 3.59. The highest BCUT2D eigenvalue weighted by molar-refractivity contribution is 6.42.